The molecule has 0 aliphatic heterocycles. The molecule has 0 bridgehead atoms. The van der Waals surface area contributed by atoms with Crippen molar-refractivity contribution in [2.45, 2.75) is 19.9 Å². The minimum Gasteiger partial charge on any atom is -0.330 e. The maximum atomic E-state index is 8.75. The summed E-state index contributed by atoms with van der Waals surface area (Å²) in [7, 11) is 0. The monoisotopic (exact) mass is 240 g/mol. The molecule has 18 heavy (non-hydrogen) atoms. The Bertz CT molecular complexity index is 560. The minimum absolute atomic E-state index is 0.618. The van der Waals surface area contributed by atoms with Crippen molar-refractivity contribution in [2.75, 3.05) is 6.54 Å². The fourth-order valence-electron chi connectivity index (χ4n) is 1.88. The van der Waals surface area contributed by atoms with Gasteiger partial charge in [0.05, 0.1) is 17.3 Å². The number of benzene rings is 1. The molecule has 0 atom stereocenters. The topological polar surface area (TPSA) is 67.6 Å². The van der Waals surface area contributed by atoms with Crippen LogP contribution < -0.4 is 5.73 Å². The van der Waals surface area contributed by atoms with Gasteiger partial charge in [-0.05, 0) is 31.2 Å². The maximum absolute atomic E-state index is 8.75. The summed E-state index contributed by atoms with van der Waals surface area (Å²) in [6.07, 6.45) is 2.85. The molecule has 0 radical (unpaired) electrons. The molecular formula is C14H16N4. The van der Waals surface area contributed by atoms with Crippen molar-refractivity contribution in [1.82, 2.24) is 9.55 Å². The van der Waals surface area contributed by atoms with Crippen LogP contribution in [0.1, 0.15) is 22.6 Å². The number of rotatable bonds is 4. The second-order valence-corrected chi connectivity index (χ2v) is 4.25. The molecular weight excluding hydrogens is 224 g/mol. The minimum atomic E-state index is 0.618. The van der Waals surface area contributed by atoms with Crippen molar-refractivity contribution < 1.29 is 0 Å². The Kier molecular flexibility index (Phi) is 3.75. The lowest BCUT2D eigenvalue weighted by Crippen LogP contribution is -2.02. The van der Waals surface area contributed by atoms with E-state index in [4.69, 9.17) is 11.0 Å². The fourth-order valence-corrected chi connectivity index (χ4v) is 1.88. The Labute approximate surface area is 107 Å². The largest absolute Gasteiger partial charge is 0.330 e. The van der Waals surface area contributed by atoms with Crippen LogP contribution in [-0.2, 0) is 13.0 Å². The molecule has 0 unspecified atom stereocenters. The van der Waals surface area contributed by atoms with Crippen molar-refractivity contribution in [3.8, 4) is 6.07 Å². The number of nitrogens with two attached hydrogens (primary N) is 1. The third kappa shape index (κ3) is 2.76. The predicted octanol–water partition coefficient (Wildman–Crippen LogP) is 1.61. The quantitative estimate of drug-likeness (QED) is 0.882. The summed E-state index contributed by atoms with van der Waals surface area (Å²) >= 11 is 0. The smallest absolute Gasteiger partial charge is 0.106 e. The summed E-state index contributed by atoms with van der Waals surface area (Å²) in [6, 6.07) is 9.73. The van der Waals surface area contributed by atoms with E-state index in [-0.39, 0.29) is 0 Å². The van der Waals surface area contributed by atoms with Crippen molar-refractivity contribution in [2.24, 2.45) is 5.73 Å². The highest BCUT2D eigenvalue weighted by molar-refractivity contribution is 5.31. The van der Waals surface area contributed by atoms with Crippen molar-refractivity contribution >= 4 is 0 Å². The summed E-state index contributed by atoms with van der Waals surface area (Å²) in [4.78, 5) is 4.46. The van der Waals surface area contributed by atoms with E-state index in [9.17, 15) is 0 Å². The van der Waals surface area contributed by atoms with E-state index in [1.165, 1.54) is 0 Å². The number of hydrogen-bond donors (Lipinski definition) is 1. The number of aryl methyl sites for hydroxylation is 1. The standard InChI is InChI=1S/C14H16N4/c1-11-17-14(6-7-15)10-18(11)9-13-4-2-12(8-16)3-5-13/h2-5,10H,6-7,9,15H2,1H3. The second-order valence-electron chi connectivity index (χ2n) is 4.25. The van der Waals surface area contributed by atoms with Crippen LogP contribution in [0, 0.1) is 18.3 Å². The van der Waals surface area contributed by atoms with E-state index in [1.54, 1.807) is 0 Å². The van der Waals surface area contributed by atoms with E-state index in [1.807, 2.05) is 37.4 Å². The summed E-state index contributed by atoms with van der Waals surface area (Å²) < 4.78 is 2.10. The van der Waals surface area contributed by atoms with E-state index < -0.39 is 0 Å². The van der Waals surface area contributed by atoms with Gasteiger partial charge in [0.2, 0.25) is 0 Å². The molecule has 2 aromatic rings. The molecule has 0 spiro atoms. The zero-order valence-corrected chi connectivity index (χ0v) is 10.4. The van der Waals surface area contributed by atoms with Gasteiger partial charge in [0, 0.05) is 19.2 Å². The zero-order chi connectivity index (χ0) is 13.0. The molecule has 0 aliphatic rings. The number of nitriles is 1. The second kappa shape index (κ2) is 5.48. The predicted molar refractivity (Wildman–Crippen MR) is 70.0 cm³/mol. The number of imidazole rings is 1. The molecule has 1 aromatic heterocycles. The lowest BCUT2D eigenvalue weighted by Gasteiger charge is -2.04. The van der Waals surface area contributed by atoms with Crippen LogP contribution in [0.25, 0.3) is 0 Å². The lowest BCUT2D eigenvalue weighted by atomic mass is 10.1. The fraction of sp³-hybridized carbons (Fsp3) is 0.286. The van der Waals surface area contributed by atoms with E-state index in [0.29, 0.717) is 12.1 Å². The zero-order valence-electron chi connectivity index (χ0n) is 10.4. The molecule has 2 N–H and O–H groups in total. The van der Waals surface area contributed by atoms with Gasteiger partial charge in [-0.1, -0.05) is 12.1 Å². The first-order valence-electron chi connectivity index (χ1n) is 5.94. The molecule has 4 nitrogen and oxygen atoms in total. The van der Waals surface area contributed by atoms with Gasteiger partial charge in [-0.3, -0.25) is 0 Å². The van der Waals surface area contributed by atoms with E-state index in [0.717, 1.165) is 30.0 Å². The normalized spacial score (nSPS) is 10.3. The van der Waals surface area contributed by atoms with Gasteiger partial charge in [-0.15, -0.1) is 0 Å². The molecule has 0 saturated carbocycles. The molecule has 2 rings (SSSR count). The van der Waals surface area contributed by atoms with Gasteiger partial charge in [0.25, 0.3) is 0 Å². The molecule has 1 aromatic carbocycles. The molecule has 4 heteroatoms. The summed E-state index contributed by atoms with van der Waals surface area (Å²) in [6.45, 7) is 3.38. The van der Waals surface area contributed by atoms with Gasteiger partial charge < -0.3 is 10.3 Å². The molecule has 0 saturated heterocycles. The summed E-state index contributed by atoms with van der Waals surface area (Å²) in [5.74, 6) is 0.989. The van der Waals surface area contributed by atoms with Gasteiger partial charge >= 0.3 is 0 Å². The van der Waals surface area contributed by atoms with Crippen LogP contribution in [0.5, 0.6) is 0 Å². The number of hydrogen-bond acceptors (Lipinski definition) is 3. The van der Waals surface area contributed by atoms with E-state index >= 15 is 0 Å². The highest BCUT2D eigenvalue weighted by atomic mass is 15.1. The molecule has 0 fully saturated rings. The van der Waals surface area contributed by atoms with Crippen molar-refractivity contribution in [3.63, 3.8) is 0 Å². The van der Waals surface area contributed by atoms with Crippen LogP contribution in [0.2, 0.25) is 0 Å². The van der Waals surface area contributed by atoms with Crippen LogP contribution in [0.4, 0.5) is 0 Å². The van der Waals surface area contributed by atoms with Crippen LogP contribution in [0.15, 0.2) is 30.5 Å². The van der Waals surface area contributed by atoms with Gasteiger partial charge in [-0.2, -0.15) is 5.26 Å². The molecule has 0 aliphatic carbocycles. The summed E-state index contributed by atoms with van der Waals surface area (Å²) in [5, 5.41) is 8.75. The Hall–Kier alpha value is -2.12. The Balaban J connectivity index is 2.15. The molecule has 0 amide bonds. The highest BCUT2D eigenvalue weighted by Gasteiger charge is 2.04. The van der Waals surface area contributed by atoms with Gasteiger partial charge in [-0.25, -0.2) is 4.98 Å². The first-order chi connectivity index (χ1) is 8.72. The Morgan fingerprint density at radius 2 is 2.06 bits per heavy atom. The Morgan fingerprint density at radius 3 is 2.67 bits per heavy atom. The lowest BCUT2D eigenvalue weighted by molar-refractivity contribution is 0.761. The SMILES string of the molecule is Cc1nc(CCN)cn1Cc1ccc(C#N)cc1. The third-order valence-corrected chi connectivity index (χ3v) is 2.86. The number of nitrogens with zero attached hydrogens (tertiary/aromatic N) is 3. The van der Waals surface area contributed by atoms with Gasteiger partial charge in [0.1, 0.15) is 5.82 Å². The van der Waals surface area contributed by atoms with Crippen LogP contribution >= 0.6 is 0 Å². The first-order valence-corrected chi connectivity index (χ1v) is 5.94. The highest BCUT2D eigenvalue weighted by Crippen LogP contribution is 2.09. The Morgan fingerprint density at radius 1 is 1.33 bits per heavy atom. The number of aromatic nitrogens is 2. The van der Waals surface area contributed by atoms with Crippen molar-refractivity contribution in [3.05, 3.63) is 53.1 Å². The van der Waals surface area contributed by atoms with Crippen molar-refractivity contribution in [1.29, 1.82) is 5.26 Å². The maximum Gasteiger partial charge on any atom is 0.106 e. The first kappa shape index (κ1) is 12.3. The van der Waals surface area contributed by atoms with Crippen LogP contribution in [-0.4, -0.2) is 16.1 Å². The average molecular weight is 240 g/mol. The average Bonchev–Trinajstić information content (AvgIpc) is 2.71. The van der Waals surface area contributed by atoms with Gasteiger partial charge in [0.15, 0.2) is 0 Å². The molecule has 92 valence electrons. The molecule has 1 heterocycles. The third-order valence-electron chi connectivity index (χ3n) is 2.86. The van der Waals surface area contributed by atoms with E-state index in [2.05, 4.69) is 15.6 Å². The van der Waals surface area contributed by atoms with Crippen LogP contribution in [0.3, 0.4) is 0 Å². The summed E-state index contributed by atoms with van der Waals surface area (Å²) in [5.41, 5.74) is 8.40.